The lowest BCUT2D eigenvalue weighted by atomic mass is 10.1. The van der Waals surface area contributed by atoms with Gasteiger partial charge in [-0.05, 0) is 0 Å². The van der Waals surface area contributed by atoms with Gasteiger partial charge in [0.25, 0.3) is 0 Å². The van der Waals surface area contributed by atoms with Gasteiger partial charge in [-0.1, -0.05) is 0 Å². The highest BCUT2D eigenvalue weighted by Gasteiger charge is 2.37. The highest BCUT2D eigenvalue weighted by molar-refractivity contribution is 8.13. The van der Waals surface area contributed by atoms with Gasteiger partial charge in [-0.25, -0.2) is 8.42 Å². The Kier molecular flexibility index (Phi) is 4.52. The Labute approximate surface area is 130 Å². The van der Waals surface area contributed by atoms with Crippen LogP contribution in [0.5, 0.6) is 5.88 Å². The van der Waals surface area contributed by atoms with Crippen molar-refractivity contribution < 1.29 is 22.9 Å². The minimum Gasteiger partial charge on any atom is -0.481 e. The average molecular weight is 350 g/mol. The van der Waals surface area contributed by atoms with E-state index in [-0.39, 0.29) is 36.1 Å². The van der Waals surface area contributed by atoms with Crippen LogP contribution in [0.1, 0.15) is 6.42 Å². The number of halogens is 1. The number of methoxy groups -OCH3 is 1. The summed E-state index contributed by atoms with van der Waals surface area (Å²) in [5, 5.41) is 11.1. The fourth-order valence-electron chi connectivity index (χ4n) is 2.26. The molecule has 2 heterocycles. The Morgan fingerprint density at radius 2 is 2.23 bits per heavy atom. The first-order valence-corrected chi connectivity index (χ1v) is 8.61. The second-order valence-corrected chi connectivity index (χ2v) is 7.56. The van der Waals surface area contributed by atoms with E-state index in [9.17, 15) is 23.3 Å². The lowest BCUT2D eigenvalue weighted by molar-refractivity contribution is -0.384. The molecule has 2 rings (SSSR count). The summed E-state index contributed by atoms with van der Waals surface area (Å²) in [7, 11) is 2.76. The van der Waals surface area contributed by atoms with Crippen molar-refractivity contribution in [3.05, 3.63) is 22.2 Å². The zero-order valence-electron chi connectivity index (χ0n) is 11.4. The van der Waals surface area contributed by atoms with Gasteiger partial charge in [0.15, 0.2) is 0 Å². The summed E-state index contributed by atoms with van der Waals surface area (Å²) in [5.74, 6) is -1.42. The number of anilines is 1. The van der Waals surface area contributed by atoms with Crippen LogP contribution in [0.2, 0.25) is 0 Å². The summed E-state index contributed by atoms with van der Waals surface area (Å²) in [6.45, 7) is -0.00814. The largest absolute Gasteiger partial charge is 0.481 e. The molecule has 1 aliphatic rings. The molecule has 1 aliphatic heterocycles. The van der Waals surface area contributed by atoms with Crippen LogP contribution in [0.3, 0.4) is 0 Å². The zero-order valence-corrected chi connectivity index (χ0v) is 13.0. The molecule has 0 aromatic carbocycles. The maximum Gasteiger partial charge on any atom is 0.312 e. The molecule has 9 nitrogen and oxygen atoms in total. The number of nitro groups is 1. The van der Waals surface area contributed by atoms with Crippen molar-refractivity contribution in [3.8, 4) is 5.88 Å². The Bertz CT molecular complexity index is 723. The molecular formula is C11H12ClN3O6S. The average Bonchev–Trinajstić information content (AvgIpc) is 2.76. The lowest BCUT2D eigenvalue weighted by Crippen LogP contribution is -2.27. The minimum atomic E-state index is -3.76. The molecule has 1 amide bonds. The molecule has 22 heavy (non-hydrogen) atoms. The summed E-state index contributed by atoms with van der Waals surface area (Å²) in [6, 6.07) is 2.49. The van der Waals surface area contributed by atoms with Crippen molar-refractivity contribution in [2.75, 3.05) is 24.3 Å². The smallest absolute Gasteiger partial charge is 0.312 e. The highest BCUT2D eigenvalue weighted by atomic mass is 35.7. The maximum atomic E-state index is 12.0. The number of hydrogen-bond donors (Lipinski definition) is 0. The summed E-state index contributed by atoms with van der Waals surface area (Å²) in [4.78, 5) is 27.5. The second kappa shape index (κ2) is 6.05. The molecule has 0 N–H and O–H groups in total. The van der Waals surface area contributed by atoms with E-state index >= 15 is 0 Å². The number of amides is 1. The van der Waals surface area contributed by atoms with E-state index in [0.717, 1.165) is 4.90 Å². The summed E-state index contributed by atoms with van der Waals surface area (Å²) >= 11 is 0. The second-order valence-electron chi connectivity index (χ2n) is 4.73. The summed E-state index contributed by atoms with van der Waals surface area (Å²) in [6.07, 6.45) is -0.0675. The first-order valence-electron chi connectivity index (χ1n) is 6.13. The van der Waals surface area contributed by atoms with E-state index < -0.39 is 25.8 Å². The van der Waals surface area contributed by atoms with E-state index in [0.29, 0.717) is 0 Å². The van der Waals surface area contributed by atoms with Crippen LogP contribution in [0.4, 0.5) is 11.5 Å². The molecule has 1 aromatic rings. The number of aromatic nitrogens is 1. The molecule has 120 valence electrons. The molecule has 1 aromatic heterocycles. The van der Waals surface area contributed by atoms with Crippen molar-refractivity contribution in [1.29, 1.82) is 0 Å². The van der Waals surface area contributed by atoms with Crippen LogP contribution >= 0.6 is 10.7 Å². The van der Waals surface area contributed by atoms with Gasteiger partial charge in [0.1, 0.15) is 0 Å². The van der Waals surface area contributed by atoms with Crippen molar-refractivity contribution in [2.24, 2.45) is 5.92 Å². The van der Waals surface area contributed by atoms with E-state index in [1.165, 1.54) is 19.2 Å². The Morgan fingerprint density at radius 3 is 2.77 bits per heavy atom. The van der Waals surface area contributed by atoms with Gasteiger partial charge in [0, 0.05) is 41.7 Å². The molecule has 0 saturated carbocycles. The number of ether oxygens (including phenoxy) is 1. The summed E-state index contributed by atoms with van der Waals surface area (Å²) in [5.41, 5.74) is -0.358. The third-order valence-corrected chi connectivity index (χ3v) is 4.38. The topological polar surface area (TPSA) is 120 Å². The number of pyridine rings is 1. The van der Waals surface area contributed by atoms with Crippen molar-refractivity contribution in [2.45, 2.75) is 6.42 Å². The van der Waals surface area contributed by atoms with Crippen LogP contribution in [0.15, 0.2) is 12.1 Å². The monoisotopic (exact) mass is 349 g/mol. The molecule has 0 radical (unpaired) electrons. The number of carbonyl (C=O) groups is 1. The molecule has 11 heteroatoms. The van der Waals surface area contributed by atoms with Gasteiger partial charge >= 0.3 is 5.69 Å². The third-order valence-electron chi connectivity index (χ3n) is 3.13. The van der Waals surface area contributed by atoms with E-state index in [1.807, 2.05) is 0 Å². The molecular weight excluding hydrogens is 338 g/mol. The molecule has 1 saturated heterocycles. The molecule has 1 atom stereocenters. The molecule has 0 spiro atoms. The van der Waals surface area contributed by atoms with E-state index in [4.69, 9.17) is 15.4 Å². The Morgan fingerprint density at radius 1 is 1.55 bits per heavy atom. The SMILES string of the molecule is COc1ccc([N+](=O)[O-])c(N2CC(CS(=O)(=O)Cl)CC2=O)n1. The number of carbonyl (C=O) groups excluding carboxylic acids is 1. The van der Waals surface area contributed by atoms with Gasteiger partial charge in [-0.2, -0.15) is 4.98 Å². The van der Waals surface area contributed by atoms with Gasteiger partial charge in [-0.3, -0.25) is 19.8 Å². The van der Waals surface area contributed by atoms with E-state index in [2.05, 4.69) is 4.98 Å². The van der Waals surface area contributed by atoms with E-state index in [1.54, 1.807) is 0 Å². The van der Waals surface area contributed by atoms with Crippen LogP contribution < -0.4 is 9.64 Å². The first-order chi connectivity index (χ1) is 10.2. The van der Waals surface area contributed by atoms with Crippen LogP contribution in [0, 0.1) is 16.0 Å². The summed E-state index contributed by atoms with van der Waals surface area (Å²) < 4.78 is 27.1. The lowest BCUT2D eigenvalue weighted by Gasteiger charge is -2.16. The molecule has 1 fully saturated rings. The van der Waals surface area contributed by atoms with Crippen LogP contribution in [-0.4, -0.2) is 43.6 Å². The fourth-order valence-corrected chi connectivity index (χ4v) is 3.58. The molecule has 1 unspecified atom stereocenters. The van der Waals surface area contributed by atoms with Crippen molar-refractivity contribution in [1.82, 2.24) is 4.98 Å². The van der Waals surface area contributed by atoms with Gasteiger partial charge < -0.3 is 4.74 Å². The number of rotatable bonds is 5. The highest BCUT2D eigenvalue weighted by Crippen LogP contribution is 2.33. The predicted octanol–water partition coefficient (Wildman–Crippen LogP) is 0.920. The Hall–Kier alpha value is -1.94. The number of nitrogens with zero attached hydrogens (tertiary/aromatic N) is 3. The number of hydrogen-bond acceptors (Lipinski definition) is 7. The van der Waals surface area contributed by atoms with Crippen molar-refractivity contribution >= 4 is 37.1 Å². The van der Waals surface area contributed by atoms with Crippen molar-refractivity contribution in [3.63, 3.8) is 0 Å². The quantitative estimate of drug-likeness (QED) is 0.440. The molecule has 0 bridgehead atoms. The Balaban J connectivity index is 2.35. The van der Waals surface area contributed by atoms with Crippen LogP contribution in [-0.2, 0) is 13.8 Å². The fraction of sp³-hybridized carbons (Fsp3) is 0.455. The minimum absolute atomic E-state index is 0.00814. The van der Waals surface area contributed by atoms with Crippen LogP contribution in [0.25, 0.3) is 0 Å². The molecule has 0 aliphatic carbocycles. The van der Waals surface area contributed by atoms with Gasteiger partial charge in [0.2, 0.25) is 26.7 Å². The van der Waals surface area contributed by atoms with Gasteiger partial charge in [0.05, 0.1) is 17.8 Å². The predicted molar refractivity (Wildman–Crippen MR) is 77.5 cm³/mol. The van der Waals surface area contributed by atoms with Gasteiger partial charge in [-0.15, -0.1) is 0 Å². The zero-order chi connectivity index (χ0) is 16.5. The standard InChI is InChI=1S/C11H12ClN3O6S/c1-21-9-3-2-8(15(17)18)11(13-9)14-5-7(4-10(14)16)6-22(12,19)20/h2-3,7H,4-6H2,1H3. The third kappa shape index (κ3) is 3.63. The first kappa shape index (κ1) is 16.4. The normalized spacial score (nSPS) is 18.5. The maximum absolute atomic E-state index is 12.0.